The van der Waals surface area contributed by atoms with Crippen LogP contribution in [-0.4, -0.2) is 38.4 Å². The number of benzene rings is 2. The van der Waals surface area contributed by atoms with Gasteiger partial charge in [-0.3, -0.25) is 9.10 Å². The van der Waals surface area contributed by atoms with Crippen molar-refractivity contribution in [1.82, 2.24) is 5.32 Å². The van der Waals surface area contributed by atoms with Crippen LogP contribution in [0.1, 0.15) is 42.3 Å². The van der Waals surface area contributed by atoms with Crippen molar-refractivity contribution >= 4 is 33.4 Å². The van der Waals surface area contributed by atoms with Gasteiger partial charge < -0.3 is 5.32 Å². The molecule has 2 aromatic carbocycles. The fourth-order valence-electron chi connectivity index (χ4n) is 2.77. The van der Waals surface area contributed by atoms with Crippen LogP contribution in [0.5, 0.6) is 0 Å². The van der Waals surface area contributed by atoms with Gasteiger partial charge >= 0.3 is 0 Å². The molecule has 0 aromatic heterocycles. The number of carbonyl (C=O) groups excluding carboxylic acids is 1. The Labute approximate surface area is 178 Å². The first-order valence-corrected chi connectivity index (χ1v) is 11.9. The van der Waals surface area contributed by atoms with Crippen LogP contribution in [0.2, 0.25) is 0 Å². The van der Waals surface area contributed by atoms with Gasteiger partial charge in [0, 0.05) is 29.7 Å². The summed E-state index contributed by atoms with van der Waals surface area (Å²) in [6, 6.07) is 11.8. The molecule has 0 atom stereocenters. The van der Waals surface area contributed by atoms with Gasteiger partial charge in [-0.2, -0.15) is 11.8 Å². The van der Waals surface area contributed by atoms with Crippen LogP contribution in [-0.2, 0) is 10.0 Å². The minimum Gasteiger partial charge on any atom is -0.351 e. The normalized spacial score (nSPS) is 11.9. The maximum absolute atomic E-state index is 12.9. The molecule has 0 spiro atoms. The van der Waals surface area contributed by atoms with Crippen LogP contribution in [0.25, 0.3) is 0 Å². The van der Waals surface area contributed by atoms with Crippen LogP contribution in [0.3, 0.4) is 0 Å². The Morgan fingerprint density at radius 1 is 1.07 bits per heavy atom. The Morgan fingerprint density at radius 3 is 2.24 bits per heavy atom. The second-order valence-electron chi connectivity index (χ2n) is 8.00. The third-order valence-electron chi connectivity index (χ3n) is 4.40. The summed E-state index contributed by atoms with van der Waals surface area (Å²) >= 11 is 1.79. The van der Waals surface area contributed by atoms with Crippen molar-refractivity contribution in [3.05, 3.63) is 59.2 Å². The van der Waals surface area contributed by atoms with Crippen molar-refractivity contribution in [3.63, 3.8) is 0 Å². The van der Waals surface area contributed by atoms with E-state index in [9.17, 15) is 13.2 Å². The minimum absolute atomic E-state index is 0.154. The Morgan fingerprint density at radius 2 is 1.69 bits per heavy atom. The first-order valence-electron chi connectivity index (χ1n) is 9.50. The van der Waals surface area contributed by atoms with Crippen molar-refractivity contribution in [2.75, 3.05) is 23.7 Å². The Bertz CT molecular complexity index is 963. The second kappa shape index (κ2) is 9.22. The highest BCUT2D eigenvalue weighted by Crippen LogP contribution is 2.26. The third-order valence-corrected chi connectivity index (χ3v) is 7.46. The van der Waals surface area contributed by atoms with Crippen molar-refractivity contribution in [2.24, 2.45) is 0 Å². The quantitative estimate of drug-likeness (QED) is 0.657. The van der Waals surface area contributed by atoms with Crippen LogP contribution in [0, 0.1) is 13.8 Å². The van der Waals surface area contributed by atoms with Crippen LogP contribution >= 0.6 is 11.8 Å². The maximum Gasteiger partial charge on any atom is 0.264 e. The number of aryl methyl sites for hydroxylation is 2. The number of sulfonamides is 1. The number of thioether (sulfide) groups is 1. The molecule has 0 unspecified atom stereocenters. The molecule has 0 saturated carbocycles. The average molecular weight is 435 g/mol. The van der Waals surface area contributed by atoms with Gasteiger partial charge in [0.15, 0.2) is 0 Å². The molecule has 29 heavy (non-hydrogen) atoms. The number of anilines is 1. The van der Waals surface area contributed by atoms with E-state index in [0.29, 0.717) is 17.8 Å². The lowest BCUT2D eigenvalue weighted by Crippen LogP contribution is -2.28. The monoisotopic (exact) mass is 434 g/mol. The zero-order valence-electron chi connectivity index (χ0n) is 17.9. The number of carbonyl (C=O) groups is 1. The second-order valence-corrected chi connectivity index (χ2v) is 11.9. The van der Waals surface area contributed by atoms with Crippen molar-refractivity contribution < 1.29 is 13.2 Å². The molecular formula is C22H30N2O3S2. The molecule has 7 heteroatoms. The fraction of sp³-hybridized carbons (Fsp3) is 0.409. The third kappa shape index (κ3) is 6.24. The van der Waals surface area contributed by atoms with Gasteiger partial charge in [-0.05, 0) is 49.7 Å². The average Bonchev–Trinajstić information content (AvgIpc) is 2.64. The topological polar surface area (TPSA) is 66.5 Å². The molecule has 1 amide bonds. The molecule has 0 aliphatic carbocycles. The van der Waals surface area contributed by atoms with Crippen molar-refractivity contribution in [2.45, 2.75) is 44.3 Å². The van der Waals surface area contributed by atoms with Crippen LogP contribution in [0.4, 0.5) is 5.69 Å². The summed E-state index contributed by atoms with van der Waals surface area (Å²) in [5, 5.41) is 2.92. The highest BCUT2D eigenvalue weighted by molar-refractivity contribution is 8.00. The van der Waals surface area contributed by atoms with E-state index in [1.807, 2.05) is 13.8 Å². The summed E-state index contributed by atoms with van der Waals surface area (Å²) in [4.78, 5) is 12.6. The molecule has 5 nitrogen and oxygen atoms in total. The molecular weight excluding hydrogens is 404 g/mol. The lowest BCUT2D eigenvalue weighted by molar-refractivity contribution is 0.0956. The predicted molar refractivity (Wildman–Crippen MR) is 122 cm³/mol. The van der Waals surface area contributed by atoms with Crippen molar-refractivity contribution in [1.29, 1.82) is 0 Å². The number of hydrogen-bond donors (Lipinski definition) is 1. The van der Waals surface area contributed by atoms with E-state index in [1.165, 1.54) is 11.4 Å². The molecule has 2 rings (SSSR count). The number of amides is 1. The van der Waals surface area contributed by atoms with Gasteiger partial charge in [-0.1, -0.05) is 38.5 Å². The Hall–Kier alpha value is -1.99. The lowest BCUT2D eigenvalue weighted by atomic mass is 10.1. The zero-order chi connectivity index (χ0) is 21.8. The molecule has 0 saturated heterocycles. The maximum atomic E-state index is 12.9. The van der Waals surface area contributed by atoms with E-state index in [0.717, 1.165) is 16.9 Å². The SMILES string of the molecule is Cc1ccc(S(=O)(=O)N(C)c2ccc(C(=O)NCCSC(C)(C)C)cc2C)cc1. The first kappa shape index (κ1) is 23.3. The molecule has 0 aliphatic rings. The first-order chi connectivity index (χ1) is 13.4. The molecule has 0 heterocycles. The van der Waals surface area contributed by atoms with Crippen molar-refractivity contribution in [3.8, 4) is 0 Å². The highest BCUT2D eigenvalue weighted by atomic mass is 32.2. The summed E-state index contributed by atoms with van der Waals surface area (Å²) < 4.78 is 27.3. The van der Waals surface area contributed by atoms with Crippen LogP contribution < -0.4 is 9.62 Å². The number of hydrogen-bond acceptors (Lipinski definition) is 4. The minimum atomic E-state index is -3.67. The summed E-state index contributed by atoms with van der Waals surface area (Å²) in [6.07, 6.45) is 0. The van der Waals surface area contributed by atoms with E-state index < -0.39 is 10.0 Å². The Kier molecular flexibility index (Phi) is 7.40. The molecule has 158 valence electrons. The fourth-order valence-corrected chi connectivity index (χ4v) is 4.85. The standard InChI is InChI=1S/C22H30N2O3S2/c1-16-7-10-19(11-8-16)29(26,27)24(6)20-12-9-18(15-17(20)2)21(25)23-13-14-28-22(3,4)5/h7-12,15H,13-14H2,1-6H3,(H,23,25). The molecule has 0 fully saturated rings. The summed E-state index contributed by atoms with van der Waals surface area (Å²) in [7, 11) is -2.14. The smallest absolute Gasteiger partial charge is 0.264 e. The number of nitrogens with one attached hydrogen (secondary N) is 1. The highest BCUT2D eigenvalue weighted by Gasteiger charge is 2.23. The number of nitrogens with zero attached hydrogens (tertiary/aromatic N) is 1. The van der Waals surface area contributed by atoms with Gasteiger partial charge in [0.25, 0.3) is 15.9 Å². The van der Waals surface area contributed by atoms with E-state index in [4.69, 9.17) is 0 Å². The van der Waals surface area contributed by atoms with Gasteiger partial charge in [0.05, 0.1) is 10.6 Å². The largest absolute Gasteiger partial charge is 0.351 e. The summed E-state index contributed by atoms with van der Waals surface area (Å²) in [5.74, 6) is 0.683. The van der Waals surface area contributed by atoms with Crippen LogP contribution in [0.15, 0.2) is 47.4 Å². The molecule has 0 bridgehead atoms. The van der Waals surface area contributed by atoms with Gasteiger partial charge in [-0.25, -0.2) is 8.42 Å². The van der Waals surface area contributed by atoms with E-state index in [-0.39, 0.29) is 15.5 Å². The predicted octanol–water partition coefficient (Wildman–Crippen LogP) is 4.39. The van der Waals surface area contributed by atoms with Gasteiger partial charge in [0.1, 0.15) is 0 Å². The van der Waals surface area contributed by atoms with Gasteiger partial charge in [-0.15, -0.1) is 0 Å². The molecule has 0 aliphatic heterocycles. The van der Waals surface area contributed by atoms with E-state index >= 15 is 0 Å². The zero-order valence-corrected chi connectivity index (χ0v) is 19.6. The number of rotatable bonds is 7. The Balaban J connectivity index is 2.12. The lowest BCUT2D eigenvalue weighted by Gasteiger charge is -2.22. The molecule has 1 N–H and O–H groups in total. The van der Waals surface area contributed by atoms with Gasteiger partial charge in [0.2, 0.25) is 0 Å². The van der Waals surface area contributed by atoms with E-state index in [2.05, 4.69) is 26.1 Å². The van der Waals surface area contributed by atoms with E-state index in [1.54, 1.807) is 54.2 Å². The molecule has 2 aromatic rings. The summed E-state index contributed by atoms with van der Waals surface area (Å²) in [5.41, 5.74) is 2.79. The molecule has 0 radical (unpaired) electrons. The summed E-state index contributed by atoms with van der Waals surface area (Å²) in [6.45, 7) is 10.7.